The third-order valence-electron chi connectivity index (χ3n) is 2.41. The summed E-state index contributed by atoms with van der Waals surface area (Å²) in [6.07, 6.45) is 2.14. The van der Waals surface area contributed by atoms with E-state index in [0.29, 0.717) is 5.41 Å². The minimum absolute atomic E-state index is 0.351. The Kier molecular flexibility index (Phi) is 4.88. The summed E-state index contributed by atoms with van der Waals surface area (Å²) in [6, 6.07) is 6.68. The van der Waals surface area contributed by atoms with Gasteiger partial charge >= 0.3 is 0 Å². The van der Waals surface area contributed by atoms with Gasteiger partial charge in [-0.3, -0.25) is 0 Å². The van der Waals surface area contributed by atoms with Crippen molar-refractivity contribution in [3.8, 4) is 0 Å². The van der Waals surface area contributed by atoms with Crippen molar-refractivity contribution in [2.75, 3.05) is 12.8 Å². The maximum absolute atomic E-state index is 3.52. The lowest BCUT2D eigenvalue weighted by atomic mass is 9.97. The van der Waals surface area contributed by atoms with Gasteiger partial charge in [0.05, 0.1) is 0 Å². The quantitative estimate of drug-likeness (QED) is 0.798. The van der Waals surface area contributed by atoms with E-state index in [1.807, 2.05) is 11.8 Å². The van der Waals surface area contributed by atoms with Crippen molar-refractivity contribution in [2.45, 2.75) is 39.1 Å². The molecule has 0 saturated heterocycles. The highest BCUT2D eigenvalue weighted by Gasteiger charge is 2.09. The molecular formula is C14H23NS. The fourth-order valence-electron chi connectivity index (χ4n) is 1.57. The number of aryl methyl sites for hydroxylation is 1. The molecule has 0 atom stereocenters. The van der Waals surface area contributed by atoms with Crippen molar-refractivity contribution >= 4 is 11.8 Å². The standard InChI is InChI=1S/C14H23NS/c1-11-6-7-12(13(8-11)16-5)9-15-10-14(2,3)4/h6-8,15H,9-10H2,1-5H3. The van der Waals surface area contributed by atoms with Crippen LogP contribution >= 0.6 is 11.8 Å². The summed E-state index contributed by atoms with van der Waals surface area (Å²) in [4.78, 5) is 1.39. The van der Waals surface area contributed by atoms with Crippen LogP contribution < -0.4 is 5.32 Å². The molecule has 1 nitrogen and oxygen atoms in total. The van der Waals surface area contributed by atoms with Gasteiger partial charge in [-0.05, 0) is 35.8 Å². The minimum atomic E-state index is 0.351. The first-order valence-corrected chi connectivity index (χ1v) is 6.99. The molecule has 0 aliphatic heterocycles. The van der Waals surface area contributed by atoms with E-state index in [4.69, 9.17) is 0 Å². The molecule has 0 amide bonds. The number of thioether (sulfide) groups is 1. The smallest absolute Gasteiger partial charge is 0.0216 e. The SMILES string of the molecule is CSc1cc(C)ccc1CNCC(C)(C)C. The third kappa shape index (κ3) is 4.58. The van der Waals surface area contributed by atoms with Gasteiger partial charge in [0.25, 0.3) is 0 Å². The average molecular weight is 237 g/mol. The summed E-state index contributed by atoms with van der Waals surface area (Å²) in [6.45, 7) is 10.9. The predicted molar refractivity (Wildman–Crippen MR) is 74.1 cm³/mol. The Hall–Kier alpha value is -0.470. The van der Waals surface area contributed by atoms with Crippen LogP contribution in [0.5, 0.6) is 0 Å². The molecule has 0 bridgehead atoms. The molecule has 1 N–H and O–H groups in total. The van der Waals surface area contributed by atoms with Gasteiger partial charge in [0.15, 0.2) is 0 Å². The van der Waals surface area contributed by atoms with Gasteiger partial charge in [-0.1, -0.05) is 32.9 Å². The normalized spacial score (nSPS) is 11.8. The molecule has 0 saturated carbocycles. The molecule has 0 spiro atoms. The molecule has 0 radical (unpaired) electrons. The van der Waals surface area contributed by atoms with Gasteiger partial charge in [-0.25, -0.2) is 0 Å². The Labute approximate surface area is 104 Å². The molecule has 1 aromatic carbocycles. The van der Waals surface area contributed by atoms with Crippen LogP contribution in [0.2, 0.25) is 0 Å². The molecule has 0 heterocycles. The molecule has 0 aliphatic rings. The van der Waals surface area contributed by atoms with Crippen LogP contribution in [0, 0.1) is 12.3 Å². The van der Waals surface area contributed by atoms with E-state index in [-0.39, 0.29) is 0 Å². The first-order chi connectivity index (χ1) is 7.42. The highest BCUT2D eigenvalue weighted by molar-refractivity contribution is 7.98. The fraction of sp³-hybridized carbons (Fsp3) is 0.571. The maximum atomic E-state index is 3.52. The van der Waals surface area contributed by atoms with Gasteiger partial charge in [0.2, 0.25) is 0 Å². The molecular weight excluding hydrogens is 214 g/mol. The zero-order valence-corrected chi connectivity index (χ0v) is 11.9. The first kappa shape index (κ1) is 13.6. The Bertz CT molecular complexity index is 339. The van der Waals surface area contributed by atoms with Gasteiger partial charge in [-0.2, -0.15) is 0 Å². The molecule has 0 aromatic heterocycles. The number of benzene rings is 1. The van der Waals surface area contributed by atoms with Crippen LogP contribution in [0.4, 0.5) is 0 Å². The number of rotatable bonds is 4. The molecule has 16 heavy (non-hydrogen) atoms. The summed E-state index contributed by atoms with van der Waals surface area (Å²) < 4.78 is 0. The summed E-state index contributed by atoms with van der Waals surface area (Å²) in [5.74, 6) is 0. The molecule has 90 valence electrons. The van der Waals surface area contributed by atoms with Crippen LogP contribution in [0.25, 0.3) is 0 Å². The summed E-state index contributed by atoms with van der Waals surface area (Å²) in [5, 5.41) is 3.52. The largest absolute Gasteiger partial charge is 0.312 e. The lowest BCUT2D eigenvalue weighted by Gasteiger charge is -2.19. The summed E-state index contributed by atoms with van der Waals surface area (Å²) in [5.41, 5.74) is 3.09. The Morgan fingerprint density at radius 2 is 1.94 bits per heavy atom. The second-order valence-electron chi connectivity index (χ2n) is 5.48. The van der Waals surface area contributed by atoms with Crippen LogP contribution in [0.3, 0.4) is 0 Å². The fourth-order valence-corrected chi connectivity index (χ4v) is 2.28. The Morgan fingerprint density at radius 3 is 2.50 bits per heavy atom. The number of hydrogen-bond acceptors (Lipinski definition) is 2. The highest BCUT2D eigenvalue weighted by Crippen LogP contribution is 2.22. The van der Waals surface area contributed by atoms with Gasteiger partial charge in [0, 0.05) is 18.0 Å². The first-order valence-electron chi connectivity index (χ1n) is 5.76. The minimum Gasteiger partial charge on any atom is -0.312 e. The number of hydrogen-bond donors (Lipinski definition) is 1. The van der Waals surface area contributed by atoms with Crippen molar-refractivity contribution in [1.82, 2.24) is 5.32 Å². The summed E-state index contributed by atoms with van der Waals surface area (Å²) >= 11 is 1.83. The maximum Gasteiger partial charge on any atom is 0.0216 e. The van der Waals surface area contributed by atoms with Gasteiger partial charge < -0.3 is 5.32 Å². The molecule has 2 heteroatoms. The lowest BCUT2D eigenvalue weighted by Crippen LogP contribution is -2.26. The van der Waals surface area contributed by atoms with E-state index in [2.05, 4.69) is 57.5 Å². The Balaban J connectivity index is 2.60. The van der Waals surface area contributed by atoms with Crippen LogP contribution in [-0.2, 0) is 6.54 Å². The molecule has 0 aliphatic carbocycles. The van der Waals surface area contributed by atoms with E-state index >= 15 is 0 Å². The topological polar surface area (TPSA) is 12.0 Å². The van der Waals surface area contributed by atoms with Gasteiger partial charge in [-0.15, -0.1) is 11.8 Å². The van der Waals surface area contributed by atoms with E-state index in [1.165, 1.54) is 16.0 Å². The van der Waals surface area contributed by atoms with Crippen molar-refractivity contribution in [1.29, 1.82) is 0 Å². The van der Waals surface area contributed by atoms with Crippen LogP contribution in [-0.4, -0.2) is 12.8 Å². The number of nitrogens with one attached hydrogen (secondary N) is 1. The zero-order valence-electron chi connectivity index (χ0n) is 11.1. The second kappa shape index (κ2) is 5.74. The third-order valence-corrected chi connectivity index (χ3v) is 3.23. The van der Waals surface area contributed by atoms with Crippen LogP contribution in [0.15, 0.2) is 23.1 Å². The van der Waals surface area contributed by atoms with Crippen molar-refractivity contribution in [2.24, 2.45) is 5.41 Å². The highest BCUT2D eigenvalue weighted by atomic mass is 32.2. The Morgan fingerprint density at radius 1 is 1.25 bits per heavy atom. The van der Waals surface area contributed by atoms with E-state index in [1.54, 1.807) is 0 Å². The second-order valence-corrected chi connectivity index (χ2v) is 6.33. The zero-order chi connectivity index (χ0) is 12.2. The molecule has 1 aromatic rings. The average Bonchev–Trinajstić information content (AvgIpc) is 2.18. The predicted octanol–water partition coefficient (Wildman–Crippen LogP) is 3.85. The van der Waals surface area contributed by atoms with Crippen molar-refractivity contribution < 1.29 is 0 Å². The monoisotopic (exact) mass is 237 g/mol. The lowest BCUT2D eigenvalue weighted by molar-refractivity contribution is 0.379. The van der Waals surface area contributed by atoms with E-state index in [0.717, 1.165) is 13.1 Å². The van der Waals surface area contributed by atoms with Gasteiger partial charge in [0.1, 0.15) is 0 Å². The molecule has 0 fully saturated rings. The molecule has 1 rings (SSSR count). The van der Waals surface area contributed by atoms with Crippen molar-refractivity contribution in [3.63, 3.8) is 0 Å². The summed E-state index contributed by atoms with van der Waals surface area (Å²) in [7, 11) is 0. The van der Waals surface area contributed by atoms with Crippen LogP contribution in [0.1, 0.15) is 31.9 Å². The van der Waals surface area contributed by atoms with E-state index in [9.17, 15) is 0 Å². The molecule has 0 unspecified atom stereocenters. The van der Waals surface area contributed by atoms with Crippen molar-refractivity contribution in [3.05, 3.63) is 29.3 Å². The van der Waals surface area contributed by atoms with E-state index < -0.39 is 0 Å².